The lowest BCUT2D eigenvalue weighted by molar-refractivity contribution is 0.102. The summed E-state index contributed by atoms with van der Waals surface area (Å²) in [5, 5.41) is 4.95. The van der Waals surface area contributed by atoms with Crippen LogP contribution >= 0.6 is 0 Å². The largest absolute Gasteiger partial charge is 0.347 e. The van der Waals surface area contributed by atoms with Gasteiger partial charge in [0.1, 0.15) is 0 Å². The summed E-state index contributed by atoms with van der Waals surface area (Å²) in [4.78, 5) is 22.4. The number of hydrogen-bond donors (Lipinski definition) is 1. The predicted octanol–water partition coefficient (Wildman–Crippen LogP) is 2.95. The molecule has 0 saturated heterocycles. The first kappa shape index (κ1) is 14.0. The zero-order valence-corrected chi connectivity index (χ0v) is 12.4. The van der Waals surface area contributed by atoms with Crippen LogP contribution in [0.2, 0.25) is 0 Å². The maximum absolute atomic E-state index is 12.3. The van der Waals surface area contributed by atoms with Crippen LogP contribution in [0.1, 0.15) is 10.4 Å². The fraction of sp³-hybridized carbons (Fsp3) is 0.118. The second-order valence-electron chi connectivity index (χ2n) is 5.18. The van der Waals surface area contributed by atoms with Crippen molar-refractivity contribution >= 4 is 28.3 Å². The highest BCUT2D eigenvalue weighted by atomic mass is 16.1. The molecule has 0 unspecified atom stereocenters. The molecule has 3 rings (SSSR count). The molecule has 0 aliphatic rings. The van der Waals surface area contributed by atoms with Crippen LogP contribution in [0.4, 0.5) is 11.6 Å². The van der Waals surface area contributed by atoms with Crippen molar-refractivity contribution in [2.45, 2.75) is 0 Å². The van der Waals surface area contributed by atoms with E-state index in [9.17, 15) is 4.79 Å². The summed E-state index contributed by atoms with van der Waals surface area (Å²) in [6, 6.07) is 13.6. The van der Waals surface area contributed by atoms with Gasteiger partial charge in [-0.2, -0.15) is 0 Å². The van der Waals surface area contributed by atoms with Gasteiger partial charge >= 0.3 is 0 Å². The zero-order chi connectivity index (χ0) is 15.5. The molecule has 0 aliphatic heterocycles. The summed E-state index contributed by atoms with van der Waals surface area (Å²) in [6.45, 7) is 0. The van der Waals surface area contributed by atoms with E-state index in [-0.39, 0.29) is 5.91 Å². The number of aromatic nitrogens is 2. The molecule has 5 nitrogen and oxygen atoms in total. The summed E-state index contributed by atoms with van der Waals surface area (Å²) < 4.78 is 0. The van der Waals surface area contributed by atoms with Gasteiger partial charge in [0.25, 0.3) is 5.91 Å². The predicted molar refractivity (Wildman–Crippen MR) is 88.3 cm³/mol. The van der Waals surface area contributed by atoms with Gasteiger partial charge in [-0.3, -0.25) is 4.79 Å². The van der Waals surface area contributed by atoms with Crippen LogP contribution < -0.4 is 10.2 Å². The Labute approximate surface area is 128 Å². The summed E-state index contributed by atoms with van der Waals surface area (Å²) in [7, 11) is 3.73. The van der Waals surface area contributed by atoms with Crippen molar-refractivity contribution in [1.29, 1.82) is 0 Å². The van der Waals surface area contributed by atoms with Gasteiger partial charge in [0.2, 0.25) is 5.95 Å². The maximum Gasteiger partial charge on any atom is 0.255 e. The van der Waals surface area contributed by atoms with Gasteiger partial charge < -0.3 is 10.2 Å². The second kappa shape index (κ2) is 5.81. The summed E-state index contributed by atoms with van der Waals surface area (Å²) in [5.41, 5.74) is 1.18. The number of benzene rings is 2. The molecule has 0 atom stereocenters. The Morgan fingerprint density at radius 2 is 1.68 bits per heavy atom. The van der Waals surface area contributed by atoms with Crippen LogP contribution in [0, 0.1) is 0 Å². The second-order valence-corrected chi connectivity index (χ2v) is 5.18. The van der Waals surface area contributed by atoms with Crippen LogP contribution in [0.25, 0.3) is 10.8 Å². The van der Waals surface area contributed by atoms with E-state index in [0.717, 1.165) is 10.8 Å². The van der Waals surface area contributed by atoms with Crippen molar-refractivity contribution in [2.75, 3.05) is 24.3 Å². The average molecular weight is 292 g/mol. The van der Waals surface area contributed by atoms with E-state index in [0.29, 0.717) is 17.2 Å². The van der Waals surface area contributed by atoms with Crippen LogP contribution in [-0.2, 0) is 0 Å². The molecule has 22 heavy (non-hydrogen) atoms. The Morgan fingerprint density at radius 3 is 2.36 bits per heavy atom. The highest BCUT2D eigenvalue weighted by molar-refractivity contribution is 6.06. The first-order chi connectivity index (χ1) is 10.6. The lowest BCUT2D eigenvalue weighted by Gasteiger charge is -2.10. The molecule has 1 aromatic heterocycles. The molecule has 0 aliphatic carbocycles. The van der Waals surface area contributed by atoms with E-state index in [1.54, 1.807) is 17.3 Å². The Morgan fingerprint density at radius 1 is 1.00 bits per heavy atom. The van der Waals surface area contributed by atoms with Crippen LogP contribution in [0.15, 0.2) is 54.9 Å². The van der Waals surface area contributed by atoms with E-state index in [1.165, 1.54) is 0 Å². The van der Waals surface area contributed by atoms with Crippen molar-refractivity contribution in [3.63, 3.8) is 0 Å². The topological polar surface area (TPSA) is 58.1 Å². The molecule has 3 aromatic rings. The third-order valence-corrected chi connectivity index (χ3v) is 3.31. The SMILES string of the molecule is CN(C)c1ncc(NC(=O)c2ccc3ccccc3c2)cn1. The van der Waals surface area contributed by atoms with Gasteiger partial charge in [-0.15, -0.1) is 0 Å². The Balaban J connectivity index is 1.80. The smallest absolute Gasteiger partial charge is 0.255 e. The van der Waals surface area contributed by atoms with E-state index >= 15 is 0 Å². The van der Waals surface area contributed by atoms with Crippen molar-refractivity contribution in [2.24, 2.45) is 0 Å². The molecular formula is C17H16N4O. The van der Waals surface area contributed by atoms with Crippen molar-refractivity contribution in [3.05, 3.63) is 60.4 Å². The van der Waals surface area contributed by atoms with Crippen LogP contribution in [0.3, 0.4) is 0 Å². The molecule has 0 radical (unpaired) electrons. The zero-order valence-electron chi connectivity index (χ0n) is 12.4. The number of hydrogen-bond acceptors (Lipinski definition) is 4. The standard InChI is InChI=1S/C17H16N4O/c1-21(2)17-18-10-15(11-19-17)20-16(22)14-8-7-12-5-3-4-6-13(12)9-14/h3-11H,1-2H3,(H,20,22). The third kappa shape index (κ3) is 2.88. The number of carbonyl (C=O) groups is 1. The lowest BCUT2D eigenvalue weighted by Crippen LogP contribution is -2.15. The van der Waals surface area contributed by atoms with E-state index < -0.39 is 0 Å². The fourth-order valence-electron chi connectivity index (χ4n) is 2.15. The molecule has 2 aromatic carbocycles. The number of carbonyl (C=O) groups excluding carboxylic acids is 1. The molecule has 1 amide bonds. The molecule has 110 valence electrons. The normalized spacial score (nSPS) is 10.5. The van der Waals surface area contributed by atoms with Crippen molar-refractivity contribution in [1.82, 2.24) is 9.97 Å². The lowest BCUT2D eigenvalue weighted by atomic mass is 10.1. The van der Waals surface area contributed by atoms with Gasteiger partial charge in [-0.25, -0.2) is 9.97 Å². The molecular weight excluding hydrogens is 276 g/mol. The van der Waals surface area contributed by atoms with Gasteiger partial charge in [0.05, 0.1) is 18.1 Å². The fourth-order valence-corrected chi connectivity index (χ4v) is 2.15. The molecule has 0 spiro atoms. The quantitative estimate of drug-likeness (QED) is 0.806. The van der Waals surface area contributed by atoms with Gasteiger partial charge in [0, 0.05) is 19.7 Å². The number of anilines is 2. The summed E-state index contributed by atoms with van der Waals surface area (Å²) >= 11 is 0. The summed E-state index contributed by atoms with van der Waals surface area (Å²) in [6.07, 6.45) is 3.20. The van der Waals surface area contributed by atoms with E-state index in [1.807, 2.05) is 56.6 Å². The number of fused-ring (bicyclic) bond motifs is 1. The van der Waals surface area contributed by atoms with E-state index in [4.69, 9.17) is 0 Å². The highest BCUT2D eigenvalue weighted by Gasteiger charge is 2.08. The monoisotopic (exact) mass is 292 g/mol. The highest BCUT2D eigenvalue weighted by Crippen LogP contribution is 2.17. The minimum Gasteiger partial charge on any atom is -0.347 e. The van der Waals surface area contributed by atoms with Gasteiger partial charge in [-0.05, 0) is 22.9 Å². The number of amides is 1. The van der Waals surface area contributed by atoms with Gasteiger partial charge in [0.15, 0.2) is 0 Å². The molecule has 1 heterocycles. The Hall–Kier alpha value is -2.95. The molecule has 0 fully saturated rings. The van der Waals surface area contributed by atoms with Crippen molar-refractivity contribution in [3.8, 4) is 0 Å². The number of nitrogens with one attached hydrogen (secondary N) is 1. The van der Waals surface area contributed by atoms with Crippen LogP contribution in [-0.4, -0.2) is 30.0 Å². The average Bonchev–Trinajstić information content (AvgIpc) is 2.55. The number of rotatable bonds is 3. The first-order valence-electron chi connectivity index (χ1n) is 6.93. The Bertz CT molecular complexity index is 812. The first-order valence-corrected chi connectivity index (χ1v) is 6.93. The minimum absolute atomic E-state index is 0.174. The van der Waals surface area contributed by atoms with Crippen LogP contribution in [0.5, 0.6) is 0 Å². The molecule has 5 heteroatoms. The van der Waals surface area contributed by atoms with E-state index in [2.05, 4.69) is 15.3 Å². The number of nitrogens with zero attached hydrogens (tertiary/aromatic N) is 3. The molecule has 0 saturated carbocycles. The van der Waals surface area contributed by atoms with Gasteiger partial charge in [-0.1, -0.05) is 30.3 Å². The minimum atomic E-state index is -0.174. The Kier molecular flexibility index (Phi) is 3.70. The maximum atomic E-state index is 12.3. The summed E-state index contributed by atoms with van der Waals surface area (Å²) in [5.74, 6) is 0.427. The third-order valence-electron chi connectivity index (χ3n) is 3.31. The molecule has 1 N–H and O–H groups in total. The van der Waals surface area contributed by atoms with Crippen molar-refractivity contribution < 1.29 is 4.79 Å². The molecule has 0 bridgehead atoms.